The molecule has 0 aliphatic carbocycles. The van der Waals surface area contributed by atoms with Crippen LogP contribution in [0, 0.1) is 13.8 Å². The van der Waals surface area contributed by atoms with Crippen LogP contribution >= 0.6 is 11.6 Å². The molecule has 5 heterocycles. The van der Waals surface area contributed by atoms with Gasteiger partial charge in [-0.2, -0.15) is 13.2 Å². The largest absolute Gasteiger partial charge is 0.417 e. The average molecular weight is 1010 g/mol. The molecule has 18 heteroatoms. The van der Waals surface area contributed by atoms with Gasteiger partial charge in [-0.05, 0) is 113 Å². The number of methoxy groups -OCH3 is 1. The average Bonchev–Trinajstić information content (AvgIpc) is 3.87. The fourth-order valence-electron chi connectivity index (χ4n) is 11.6. The van der Waals surface area contributed by atoms with E-state index < -0.39 is 61.0 Å². The summed E-state index contributed by atoms with van der Waals surface area (Å²) in [5, 5.41) is 13.1. The second-order valence-corrected chi connectivity index (χ2v) is 33.3. The summed E-state index contributed by atoms with van der Waals surface area (Å²) in [6.45, 7) is 30.7. The first-order valence-corrected chi connectivity index (χ1v) is 29.3. The van der Waals surface area contributed by atoms with E-state index in [9.17, 15) is 31.5 Å². The number of aromatic nitrogens is 5. The number of carbonyl (C=O) groups excluding carboxylic acids is 1. The Balaban J connectivity index is 0.000000327. The van der Waals surface area contributed by atoms with Gasteiger partial charge in [0.15, 0.2) is 22.8 Å². The number of carbonyl (C=O) groups is 1. The van der Waals surface area contributed by atoms with Gasteiger partial charge in [-0.3, -0.25) is 9.78 Å². The Bertz CT molecular complexity index is 2820. The second-order valence-electron chi connectivity index (χ2n) is 19.6. The zero-order valence-electron chi connectivity index (χ0n) is 41.9. The lowest BCUT2D eigenvalue weighted by Gasteiger charge is -2.44. The molecule has 0 amide bonds. The highest BCUT2D eigenvalue weighted by atomic mass is 35.5. The Labute approximate surface area is 407 Å². The van der Waals surface area contributed by atoms with Crippen molar-refractivity contribution in [2.24, 2.45) is 0 Å². The number of hydrogen-bond donors (Lipinski definition) is 1. The number of benzene rings is 1. The SMILES string of the molecule is COCN(c1cccnc1C(O)c1c(C)cnc2c1ccn2[Si](C(C)C)(C(C)C)C(C)C)S(=O)(=O)c1ccc(Cl)c(C(F)(F)F)c1.Cc1cnc2c(ccn2[Si](C(C)C)(C(C)C)C(C)C)c1C=O. The first kappa shape index (κ1) is 54.5. The van der Waals surface area contributed by atoms with Gasteiger partial charge < -0.3 is 18.3 Å². The molecule has 0 saturated carbocycles. The zero-order valence-corrected chi connectivity index (χ0v) is 45.5. The zero-order chi connectivity index (χ0) is 51.0. The number of aliphatic hydroxyl groups is 1. The summed E-state index contributed by atoms with van der Waals surface area (Å²) in [6, 6.07) is 9.28. The van der Waals surface area contributed by atoms with Crippen molar-refractivity contribution in [3.8, 4) is 0 Å². The summed E-state index contributed by atoms with van der Waals surface area (Å²) in [5.74, 6) is 0. The number of alkyl halides is 3. The maximum atomic E-state index is 13.9. The van der Waals surface area contributed by atoms with Crippen molar-refractivity contribution in [2.75, 3.05) is 18.1 Å². The summed E-state index contributed by atoms with van der Waals surface area (Å²) in [5.41, 5.74) is 6.17. The third kappa shape index (κ3) is 9.47. The molecular weight excluding hydrogens is 945 g/mol. The number of pyridine rings is 3. The lowest BCUT2D eigenvalue weighted by molar-refractivity contribution is -0.137. The van der Waals surface area contributed by atoms with Crippen LogP contribution in [-0.4, -0.2) is 73.5 Å². The van der Waals surface area contributed by atoms with Gasteiger partial charge >= 0.3 is 6.18 Å². The molecule has 0 radical (unpaired) electrons. The number of fused-ring (bicyclic) bond motifs is 2. The summed E-state index contributed by atoms with van der Waals surface area (Å²) < 4.78 is 79.6. The molecule has 1 N–H and O–H groups in total. The van der Waals surface area contributed by atoms with E-state index in [0.717, 1.165) is 50.5 Å². The predicted molar refractivity (Wildman–Crippen MR) is 274 cm³/mol. The molecule has 1 aromatic carbocycles. The van der Waals surface area contributed by atoms with Crippen LogP contribution in [-0.2, 0) is 20.9 Å². The van der Waals surface area contributed by atoms with Crippen molar-refractivity contribution < 1.29 is 36.2 Å². The van der Waals surface area contributed by atoms with Crippen LogP contribution in [0.25, 0.3) is 22.1 Å². The Kier molecular flexibility index (Phi) is 16.8. The van der Waals surface area contributed by atoms with E-state index in [0.29, 0.717) is 55.8 Å². The number of ether oxygens (including phenoxy) is 1. The molecule has 1 atom stereocenters. The Hall–Kier alpha value is -4.40. The van der Waals surface area contributed by atoms with E-state index in [2.05, 4.69) is 109 Å². The summed E-state index contributed by atoms with van der Waals surface area (Å²) in [4.78, 5) is 24.7. The van der Waals surface area contributed by atoms with Gasteiger partial charge in [-0.15, -0.1) is 0 Å². The Morgan fingerprint density at radius 2 is 1.25 bits per heavy atom. The summed E-state index contributed by atoms with van der Waals surface area (Å²) in [6.07, 6.45) is 3.82. The highest BCUT2D eigenvalue weighted by Crippen LogP contribution is 2.47. The van der Waals surface area contributed by atoms with Crippen LogP contribution in [0.3, 0.4) is 0 Å². The van der Waals surface area contributed by atoms with Crippen molar-refractivity contribution in [1.29, 1.82) is 0 Å². The molecule has 11 nitrogen and oxygen atoms in total. The molecular formula is C50H68ClF3N6O5SSi2. The van der Waals surface area contributed by atoms with Gasteiger partial charge in [0.25, 0.3) is 10.0 Å². The maximum Gasteiger partial charge on any atom is 0.417 e. The minimum atomic E-state index is -4.88. The van der Waals surface area contributed by atoms with Gasteiger partial charge in [0.2, 0.25) is 0 Å². The number of aryl methyl sites for hydroxylation is 2. The molecule has 68 heavy (non-hydrogen) atoms. The maximum absolute atomic E-state index is 13.9. The third-order valence-electron chi connectivity index (χ3n) is 14.1. The highest BCUT2D eigenvalue weighted by Gasteiger charge is 2.47. The van der Waals surface area contributed by atoms with E-state index in [-0.39, 0.29) is 11.4 Å². The predicted octanol–water partition coefficient (Wildman–Crippen LogP) is 13.5. The second kappa shape index (κ2) is 20.9. The van der Waals surface area contributed by atoms with Gasteiger partial charge in [-0.1, -0.05) is 94.7 Å². The molecule has 6 rings (SSSR count). The molecule has 0 bridgehead atoms. The van der Waals surface area contributed by atoms with Crippen LogP contribution in [0.1, 0.15) is 127 Å². The highest BCUT2D eigenvalue weighted by molar-refractivity contribution is 7.92. The van der Waals surface area contributed by atoms with Gasteiger partial charge in [0, 0.05) is 47.6 Å². The number of anilines is 1. The van der Waals surface area contributed by atoms with E-state index in [4.69, 9.17) is 26.3 Å². The summed E-state index contributed by atoms with van der Waals surface area (Å²) >= 11 is 5.77. The number of aldehydes is 1. The molecule has 6 aromatic rings. The van der Waals surface area contributed by atoms with E-state index in [1.54, 1.807) is 13.1 Å². The fourth-order valence-corrected chi connectivity index (χ4v) is 26.3. The number of hydrogen-bond acceptors (Lipinski definition) is 8. The van der Waals surface area contributed by atoms with Crippen LogP contribution in [0.4, 0.5) is 18.9 Å². The first-order valence-electron chi connectivity index (χ1n) is 23.1. The van der Waals surface area contributed by atoms with Crippen LogP contribution in [0.5, 0.6) is 0 Å². The lowest BCUT2D eigenvalue weighted by atomic mass is 9.98. The molecule has 0 aliphatic rings. The van der Waals surface area contributed by atoms with Crippen molar-refractivity contribution >= 4 is 72.1 Å². The van der Waals surface area contributed by atoms with Crippen molar-refractivity contribution in [3.63, 3.8) is 0 Å². The molecule has 0 aliphatic heterocycles. The normalized spacial score (nSPS) is 13.4. The molecule has 1 unspecified atom stereocenters. The smallest absolute Gasteiger partial charge is 0.382 e. The number of halogens is 4. The number of rotatable bonds is 16. The molecule has 5 aromatic heterocycles. The van der Waals surface area contributed by atoms with Crippen LogP contribution < -0.4 is 4.31 Å². The monoisotopic (exact) mass is 1010 g/mol. The van der Waals surface area contributed by atoms with Gasteiger partial charge in [-0.25, -0.2) is 22.7 Å². The van der Waals surface area contributed by atoms with Crippen LogP contribution in [0.2, 0.25) is 38.3 Å². The lowest BCUT2D eigenvalue weighted by Crippen LogP contribution is -2.51. The molecule has 370 valence electrons. The van der Waals surface area contributed by atoms with Crippen molar-refractivity contribution in [2.45, 2.75) is 147 Å². The Morgan fingerprint density at radius 1 is 0.765 bits per heavy atom. The van der Waals surface area contributed by atoms with Crippen molar-refractivity contribution in [1.82, 2.24) is 23.4 Å². The Morgan fingerprint density at radius 3 is 1.72 bits per heavy atom. The van der Waals surface area contributed by atoms with Crippen molar-refractivity contribution in [3.05, 3.63) is 112 Å². The minimum Gasteiger partial charge on any atom is -0.382 e. The molecule has 0 spiro atoms. The topological polar surface area (TPSA) is 132 Å². The number of nitrogens with zero attached hydrogens (tertiary/aromatic N) is 6. The quantitative estimate of drug-likeness (QED) is 0.0576. The van der Waals surface area contributed by atoms with E-state index in [1.807, 2.05) is 25.4 Å². The van der Waals surface area contributed by atoms with Crippen LogP contribution in [0.15, 0.2) is 78.3 Å². The summed E-state index contributed by atoms with van der Waals surface area (Å²) in [7, 11) is -7.47. The third-order valence-corrected chi connectivity index (χ3v) is 29.7. The fraction of sp³-hybridized carbons (Fsp3) is 0.480. The van der Waals surface area contributed by atoms with Gasteiger partial charge in [0.05, 0.1) is 26.9 Å². The number of sulfonamides is 1. The van der Waals surface area contributed by atoms with Gasteiger partial charge in [0.1, 0.15) is 24.1 Å². The number of aliphatic hydroxyl groups excluding tert-OH is 1. The molecule has 0 saturated heterocycles. The first-order chi connectivity index (χ1) is 31.7. The van der Waals surface area contributed by atoms with E-state index in [1.165, 1.54) is 25.4 Å². The van der Waals surface area contributed by atoms with E-state index >= 15 is 0 Å². The standard InChI is InChI=1S/C32H40ClF3N4O4SSi.C18H28N2OSi/c1-19(2)46(20(3)4,21(5)6)40-15-13-24-28(22(7)17-38-31(24)40)30(41)29-27(10-9-14-37-29)39(18-44-8)45(42,43)23-11-12-26(33)25(16-23)32(34,35)36;1-12(2)22(13(3)4,14(5)6)20-9-8-16-17(11-21)15(7)10-19-18(16)20/h9-17,19-21,30,41H,18H2,1-8H3;8-14H,1-7H3. The minimum absolute atomic E-state index is 0.0171. The molecule has 0 fully saturated rings.